The molecule has 0 amide bonds. The van der Waals surface area contributed by atoms with Gasteiger partial charge in [0.05, 0.1) is 0 Å². The van der Waals surface area contributed by atoms with Gasteiger partial charge in [-0.2, -0.15) is 0 Å². The van der Waals surface area contributed by atoms with Crippen LogP contribution in [0, 0.1) is 5.92 Å². The molecule has 1 aliphatic carbocycles. The number of benzene rings is 1. The molecule has 1 aromatic rings. The fourth-order valence-electron chi connectivity index (χ4n) is 2.64. The van der Waals surface area contributed by atoms with Gasteiger partial charge in [0.1, 0.15) is 0 Å². The van der Waals surface area contributed by atoms with Crippen LogP contribution in [0.3, 0.4) is 0 Å². The molecular weight excluding hydrogens is 250 g/mol. The maximum absolute atomic E-state index is 10.4. The Bertz CT molecular complexity index is 456. The van der Waals surface area contributed by atoms with Crippen molar-refractivity contribution in [2.75, 3.05) is 0 Å². The van der Waals surface area contributed by atoms with Crippen LogP contribution in [0.1, 0.15) is 43.7 Å². The van der Waals surface area contributed by atoms with Gasteiger partial charge in [-0.05, 0) is 48.8 Å². The number of nitrogens with one attached hydrogen (secondary N) is 1. The highest BCUT2D eigenvalue weighted by Crippen LogP contribution is 2.23. The Kier molecular flexibility index (Phi) is 5.36. The number of hydrogen-bond donors (Lipinski definition) is 2. The predicted octanol–water partition coefficient (Wildman–Crippen LogP) is 3.45. The van der Waals surface area contributed by atoms with Crippen LogP contribution in [-0.2, 0) is 11.3 Å². The molecule has 0 heterocycles. The van der Waals surface area contributed by atoms with Crippen LogP contribution in [0.5, 0.6) is 0 Å². The molecule has 108 valence electrons. The monoisotopic (exact) mass is 273 g/mol. The van der Waals surface area contributed by atoms with E-state index >= 15 is 0 Å². The van der Waals surface area contributed by atoms with Crippen LogP contribution in [0.25, 0.3) is 6.08 Å². The Labute approximate surface area is 120 Å². The van der Waals surface area contributed by atoms with Crippen molar-refractivity contribution in [3.63, 3.8) is 0 Å². The topological polar surface area (TPSA) is 49.3 Å². The molecule has 0 bridgehead atoms. The Balaban J connectivity index is 1.80. The highest BCUT2D eigenvalue weighted by atomic mass is 16.4. The minimum absolute atomic E-state index is 0.651. The quantitative estimate of drug-likeness (QED) is 0.808. The zero-order valence-corrected chi connectivity index (χ0v) is 12.0. The molecule has 0 spiro atoms. The van der Waals surface area contributed by atoms with Gasteiger partial charge in [-0.1, -0.05) is 31.2 Å². The van der Waals surface area contributed by atoms with E-state index in [1.807, 2.05) is 12.1 Å². The summed E-state index contributed by atoms with van der Waals surface area (Å²) in [5.74, 6) is -0.0318. The van der Waals surface area contributed by atoms with Crippen molar-refractivity contribution in [1.29, 1.82) is 0 Å². The molecule has 1 saturated carbocycles. The van der Waals surface area contributed by atoms with Gasteiger partial charge in [0.15, 0.2) is 0 Å². The lowest BCUT2D eigenvalue weighted by Gasteiger charge is -2.27. The molecule has 0 unspecified atom stereocenters. The van der Waals surface area contributed by atoms with Crippen LogP contribution >= 0.6 is 0 Å². The third-order valence-electron chi connectivity index (χ3n) is 4.01. The molecule has 2 rings (SSSR count). The third kappa shape index (κ3) is 4.82. The van der Waals surface area contributed by atoms with Crippen molar-refractivity contribution in [2.45, 2.75) is 45.2 Å². The first-order valence-corrected chi connectivity index (χ1v) is 7.37. The molecule has 1 aliphatic rings. The normalized spacial score (nSPS) is 23.1. The molecule has 0 saturated heterocycles. The summed E-state index contributed by atoms with van der Waals surface area (Å²) >= 11 is 0. The number of hydrogen-bond acceptors (Lipinski definition) is 2. The molecular formula is C17H23NO2. The maximum Gasteiger partial charge on any atom is 0.328 e. The Hall–Kier alpha value is -1.61. The number of carboxylic acid groups (broad SMARTS) is 1. The molecule has 0 radical (unpaired) electrons. The molecule has 1 fully saturated rings. The van der Waals surface area contributed by atoms with E-state index in [0.29, 0.717) is 6.04 Å². The van der Waals surface area contributed by atoms with Crippen molar-refractivity contribution < 1.29 is 9.90 Å². The minimum atomic E-state index is -0.915. The van der Waals surface area contributed by atoms with Gasteiger partial charge in [0.25, 0.3) is 0 Å². The second kappa shape index (κ2) is 7.25. The lowest BCUT2D eigenvalue weighted by Crippen LogP contribution is -2.32. The number of rotatable bonds is 5. The highest BCUT2D eigenvalue weighted by Gasteiger charge is 2.17. The first-order valence-electron chi connectivity index (χ1n) is 7.37. The van der Waals surface area contributed by atoms with Crippen molar-refractivity contribution in [3.8, 4) is 0 Å². The Morgan fingerprint density at radius 1 is 1.25 bits per heavy atom. The summed E-state index contributed by atoms with van der Waals surface area (Å²) in [6.07, 6.45) is 7.99. The third-order valence-corrected chi connectivity index (χ3v) is 4.01. The standard InChI is InChI=1S/C17H23NO2/c1-13-2-9-16(10-3-13)18-12-15-6-4-14(5-7-15)8-11-17(19)20/h4-8,11,13,16,18H,2-3,9-10,12H2,1H3,(H,19,20). The largest absolute Gasteiger partial charge is 0.478 e. The van der Waals surface area contributed by atoms with Gasteiger partial charge >= 0.3 is 5.97 Å². The summed E-state index contributed by atoms with van der Waals surface area (Å²) in [5.41, 5.74) is 2.17. The van der Waals surface area contributed by atoms with Crippen LogP contribution in [0.15, 0.2) is 30.3 Å². The first kappa shape index (κ1) is 14.8. The lowest BCUT2D eigenvalue weighted by molar-refractivity contribution is -0.131. The van der Waals surface area contributed by atoms with E-state index in [2.05, 4.69) is 24.4 Å². The average Bonchev–Trinajstić information content (AvgIpc) is 2.45. The fourth-order valence-corrected chi connectivity index (χ4v) is 2.64. The second-order valence-corrected chi connectivity index (χ2v) is 5.75. The summed E-state index contributed by atoms with van der Waals surface area (Å²) in [5, 5.41) is 12.2. The van der Waals surface area contributed by atoms with E-state index in [-0.39, 0.29) is 0 Å². The van der Waals surface area contributed by atoms with Gasteiger partial charge in [0, 0.05) is 18.7 Å². The molecule has 1 aromatic carbocycles. The van der Waals surface area contributed by atoms with Crippen LogP contribution in [0.2, 0.25) is 0 Å². The first-order chi connectivity index (χ1) is 9.63. The van der Waals surface area contributed by atoms with E-state index < -0.39 is 5.97 Å². The number of carbonyl (C=O) groups is 1. The van der Waals surface area contributed by atoms with Crippen molar-refractivity contribution in [1.82, 2.24) is 5.32 Å². The maximum atomic E-state index is 10.4. The Morgan fingerprint density at radius 2 is 1.90 bits per heavy atom. The van der Waals surface area contributed by atoms with E-state index in [9.17, 15) is 4.79 Å². The molecule has 0 aromatic heterocycles. The molecule has 0 atom stereocenters. The molecule has 3 nitrogen and oxygen atoms in total. The van der Waals surface area contributed by atoms with E-state index in [4.69, 9.17) is 5.11 Å². The lowest BCUT2D eigenvalue weighted by atomic mass is 9.87. The van der Waals surface area contributed by atoms with Crippen LogP contribution < -0.4 is 5.32 Å². The van der Waals surface area contributed by atoms with Crippen LogP contribution in [0.4, 0.5) is 0 Å². The summed E-state index contributed by atoms with van der Waals surface area (Å²) in [6.45, 7) is 3.22. The molecule has 20 heavy (non-hydrogen) atoms. The number of carboxylic acids is 1. The molecule has 0 aliphatic heterocycles. The Morgan fingerprint density at radius 3 is 2.50 bits per heavy atom. The van der Waals surface area contributed by atoms with Crippen LogP contribution in [-0.4, -0.2) is 17.1 Å². The van der Waals surface area contributed by atoms with E-state index in [1.54, 1.807) is 6.08 Å². The van der Waals surface area contributed by atoms with E-state index in [0.717, 1.165) is 24.1 Å². The predicted molar refractivity (Wildman–Crippen MR) is 81.4 cm³/mol. The highest BCUT2D eigenvalue weighted by molar-refractivity contribution is 5.85. The summed E-state index contributed by atoms with van der Waals surface area (Å²) in [4.78, 5) is 10.4. The van der Waals surface area contributed by atoms with Gasteiger partial charge in [-0.15, -0.1) is 0 Å². The number of aliphatic carboxylic acids is 1. The average molecular weight is 273 g/mol. The van der Waals surface area contributed by atoms with Gasteiger partial charge < -0.3 is 10.4 Å². The zero-order valence-electron chi connectivity index (χ0n) is 12.0. The summed E-state index contributed by atoms with van der Waals surface area (Å²) in [6, 6.07) is 8.68. The van der Waals surface area contributed by atoms with Crippen molar-refractivity contribution in [3.05, 3.63) is 41.5 Å². The SMILES string of the molecule is CC1CCC(NCc2ccc(C=CC(=O)O)cc2)CC1. The van der Waals surface area contributed by atoms with Crippen molar-refractivity contribution in [2.24, 2.45) is 5.92 Å². The summed E-state index contributed by atoms with van der Waals surface area (Å²) < 4.78 is 0. The second-order valence-electron chi connectivity index (χ2n) is 5.75. The molecule has 3 heteroatoms. The van der Waals surface area contributed by atoms with Gasteiger partial charge in [-0.3, -0.25) is 0 Å². The van der Waals surface area contributed by atoms with Crippen molar-refractivity contribution >= 4 is 12.0 Å². The molecule has 2 N–H and O–H groups in total. The smallest absolute Gasteiger partial charge is 0.328 e. The summed E-state index contributed by atoms with van der Waals surface area (Å²) in [7, 11) is 0. The van der Waals surface area contributed by atoms with Gasteiger partial charge in [-0.25, -0.2) is 4.79 Å². The minimum Gasteiger partial charge on any atom is -0.478 e. The zero-order chi connectivity index (χ0) is 14.4. The van der Waals surface area contributed by atoms with Gasteiger partial charge in [0.2, 0.25) is 0 Å². The van der Waals surface area contributed by atoms with E-state index in [1.165, 1.54) is 31.2 Å². The fraction of sp³-hybridized carbons (Fsp3) is 0.471.